The van der Waals surface area contributed by atoms with Gasteiger partial charge >= 0.3 is 0 Å². The van der Waals surface area contributed by atoms with Gasteiger partial charge in [0.25, 0.3) is 0 Å². The van der Waals surface area contributed by atoms with E-state index in [0.717, 1.165) is 24.1 Å². The Morgan fingerprint density at radius 3 is 2.74 bits per heavy atom. The molecule has 3 rings (SSSR count). The summed E-state index contributed by atoms with van der Waals surface area (Å²) >= 11 is 12.3. The standard InChI is InChI=1S/C16H16Cl2N4O/c1-10-14(8-19-20-16(23)12-4-5-12)15(18)22(21-10)9-11-2-6-13(17)7-3-11/h2-3,6-8,12H,4-5,9H2,1H3,(H,20,23). The van der Waals surface area contributed by atoms with E-state index < -0.39 is 0 Å². The Kier molecular flexibility index (Phi) is 4.68. The maximum absolute atomic E-state index is 11.5. The number of hydrazone groups is 1. The Hall–Kier alpha value is -1.85. The van der Waals surface area contributed by atoms with Gasteiger partial charge in [-0.05, 0) is 37.5 Å². The molecule has 1 heterocycles. The van der Waals surface area contributed by atoms with Crippen LogP contribution in [-0.2, 0) is 11.3 Å². The van der Waals surface area contributed by atoms with Crippen molar-refractivity contribution >= 4 is 35.3 Å². The van der Waals surface area contributed by atoms with Crippen LogP contribution in [0.15, 0.2) is 29.4 Å². The van der Waals surface area contributed by atoms with Gasteiger partial charge in [0.1, 0.15) is 5.15 Å². The van der Waals surface area contributed by atoms with E-state index in [1.807, 2.05) is 31.2 Å². The van der Waals surface area contributed by atoms with Crippen molar-refractivity contribution < 1.29 is 4.79 Å². The number of nitrogens with zero attached hydrogens (tertiary/aromatic N) is 3. The molecule has 1 aliphatic rings. The number of hydrogen-bond acceptors (Lipinski definition) is 3. The SMILES string of the molecule is Cc1nn(Cc2ccc(Cl)cc2)c(Cl)c1C=NNC(=O)C1CC1. The van der Waals surface area contributed by atoms with Crippen LogP contribution in [0.2, 0.25) is 10.2 Å². The van der Waals surface area contributed by atoms with Gasteiger partial charge in [0, 0.05) is 10.9 Å². The van der Waals surface area contributed by atoms with E-state index in [2.05, 4.69) is 15.6 Å². The summed E-state index contributed by atoms with van der Waals surface area (Å²) in [6.07, 6.45) is 3.43. The minimum atomic E-state index is -0.0384. The van der Waals surface area contributed by atoms with Crippen molar-refractivity contribution in [3.63, 3.8) is 0 Å². The molecular formula is C16H16Cl2N4O. The fourth-order valence-corrected chi connectivity index (χ4v) is 2.59. The molecule has 23 heavy (non-hydrogen) atoms. The van der Waals surface area contributed by atoms with Gasteiger partial charge in [-0.15, -0.1) is 0 Å². The topological polar surface area (TPSA) is 59.3 Å². The molecule has 0 unspecified atom stereocenters. The van der Waals surface area contributed by atoms with Crippen LogP contribution in [0.4, 0.5) is 0 Å². The van der Waals surface area contributed by atoms with Gasteiger partial charge in [0.15, 0.2) is 0 Å². The number of aryl methyl sites for hydroxylation is 1. The largest absolute Gasteiger partial charge is 0.273 e. The first kappa shape index (κ1) is 16.0. The number of nitrogens with one attached hydrogen (secondary N) is 1. The molecule has 1 aromatic heterocycles. The summed E-state index contributed by atoms with van der Waals surface area (Å²) in [6.45, 7) is 2.40. The van der Waals surface area contributed by atoms with Crippen LogP contribution < -0.4 is 5.43 Å². The number of carbonyl (C=O) groups is 1. The Bertz CT molecular complexity index is 748. The number of amides is 1. The van der Waals surface area contributed by atoms with Crippen LogP contribution >= 0.6 is 23.2 Å². The molecule has 1 aliphatic carbocycles. The molecule has 1 amide bonds. The van der Waals surface area contributed by atoms with Crippen LogP contribution in [0.25, 0.3) is 0 Å². The highest BCUT2D eigenvalue weighted by molar-refractivity contribution is 6.32. The van der Waals surface area contributed by atoms with Crippen LogP contribution in [0, 0.1) is 12.8 Å². The fourth-order valence-electron chi connectivity index (χ4n) is 2.18. The molecule has 0 aliphatic heterocycles. The highest BCUT2D eigenvalue weighted by atomic mass is 35.5. The lowest BCUT2D eigenvalue weighted by molar-refractivity contribution is -0.122. The fraction of sp³-hybridized carbons (Fsp3) is 0.312. The smallest absolute Gasteiger partial charge is 0.243 e. The van der Waals surface area contributed by atoms with Crippen molar-refractivity contribution in [2.24, 2.45) is 11.0 Å². The highest BCUT2D eigenvalue weighted by Gasteiger charge is 2.29. The van der Waals surface area contributed by atoms with Crippen molar-refractivity contribution in [2.75, 3.05) is 0 Å². The highest BCUT2D eigenvalue weighted by Crippen LogP contribution is 2.28. The van der Waals surface area contributed by atoms with Gasteiger partial charge in [-0.1, -0.05) is 35.3 Å². The molecule has 1 N–H and O–H groups in total. The Morgan fingerprint density at radius 1 is 1.39 bits per heavy atom. The minimum Gasteiger partial charge on any atom is -0.273 e. The van der Waals surface area contributed by atoms with E-state index >= 15 is 0 Å². The Morgan fingerprint density at radius 2 is 2.09 bits per heavy atom. The molecule has 120 valence electrons. The van der Waals surface area contributed by atoms with Crippen molar-refractivity contribution in [1.29, 1.82) is 0 Å². The van der Waals surface area contributed by atoms with Crippen molar-refractivity contribution in [3.05, 3.63) is 51.3 Å². The maximum Gasteiger partial charge on any atom is 0.243 e. The molecule has 1 aromatic carbocycles. The number of hydrogen-bond donors (Lipinski definition) is 1. The van der Waals surface area contributed by atoms with Crippen LogP contribution in [0.3, 0.4) is 0 Å². The quantitative estimate of drug-likeness (QED) is 0.663. The summed E-state index contributed by atoms with van der Waals surface area (Å²) in [5.41, 5.74) is 5.04. The number of carbonyl (C=O) groups excluding carboxylic acids is 1. The van der Waals surface area contributed by atoms with E-state index in [1.54, 1.807) is 10.9 Å². The van der Waals surface area contributed by atoms with Crippen molar-refractivity contribution in [1.82, 2.24) is 15.2 Å². The third-order valence-electron chi connectivity index (χ3n) is 3.67. The minimum absolute atomic E-state index is 0.0384. The Balaban J connectivity index is 1.71. The average Bonchev–Trinajstić information content (AvgIpc) is 3.33. The first-order valence-corrected chi connectivity index (χ1v) is 8.10. The third kappa shape index (κ3) is 3.92. The zero-order valence-corrected chi connectivity index (χ0v) is 14.1. The lowest BCUT2D eigenvalue weighted by atomic mass is 10.2. The molecule has 0 bridgehead atoms. The summed E-state index contributed by atoms with van der Waals surface area (Å²) in [7, 11) is 0. The van der Waals surface area contributed by atoms with E-state index in [-0.39, 0.29) is 11.8 Å². The summed E-state index contributed by atoms with van der Waals surface area (Å²) in [4.78, 5) is 11.5. The Labute approximate surface area is 144 Å². The monoisotopic (exact) mass is 350 g/mol. The normalized spacial score (nSPS) is 14.4. The number of halogens is 2. The van der Waals surface area contributed by atoms with Gasteiger partial charge in [-0.2, -0.15) is 10.2 Å². The van der Waals surface area contributed by atoms with Crippen molar-refractivity contribution in [3.8, 4) is 0 Å². The van der Waals surface area contributed by atoms with Gasteiger partial charge in [-0.3, -0.25) is 4.79 Å². The second-order valence-electron chi connectivity index (χ2n) is 5.58. The van der Waals surface area contributed by atoms with E-state index in [1.165, 1.54) is 0 Å². The second kappa shape index (κ2) is 6.72. The van der Waals surface area contributed by atoms with Crippen LogP contribution in [-0.4, -0.2) is 21.9 Å². The summed E-state index contributed by atoms with van der Waals surface area (Å²) in [6, 6.07) is 7.52. The number of benzene rings is 1. The van der Waals surface area contributed by atoms with Crippen LogP contribution in [0.1, 0.15) is 29.7 Å². The molecule has 5 nitrogen and oxygen atoms in total. The molecule has 0 spiro atoms. The van der Waals surface area contributed by atoms with Gasteiger partial charge in [0.2, 0.25) is 5.91 Å². The molecule has 1 fully saturated rings. The van der Waals surface area contributed by atoms with E-state index in [4.69, 9.17) is 23.2 Å². The average molecular weight is 351 g/mol. The van der Waals surface area contributed by atoms with Gasteiger partial charge < -0.3 is 0 Å². The first-order chi connectivity index (χ1) is 11.0. The summed E-state index contributed by atoms with van der Waals surface area (Å²) < 4.78 is 1.70. The van der Waals surface area contributed by atoms with Gasteiger partial charge in [-0.25, -0.2) is 10.1 Å². The van der Waals surface area contributed by atoms with E-state index in [0.29, 0.717) is 22.3 Å². The molecule has 0 radical (unpaired) electrons. The molecule has 0 atom stereocenters. The number of aromatic nitrogens is 2. The molecule has 1 saturated carbocycles. The molecular weight excluding hydrogens is 335 g/mol. The predicted octanol–water partition coefficient (Wildman–Crippen LogP) is 3.41. The number of rotatable bonds is 5. The first-order valence-electron chi connectivity index (χ1n) is 7.35. The van der Waals surface area contributed by atoms with Crippen LogP contribution in [0.5, 0.6) is 0 Å². The second-order valence-corrected chi connectivity index (χ2v) is 6.38. The molecule has 2 aromatic rings. The predicted molar refractivity (Wildman–Crippen MR) is 91.0 cm³/mol. The lowest BCUT2D eigenvalue weighted by Crippen LogP contribution is -2.19. The summed E-state index contributed by atoms with van der Waals surface area (Å²) in [5.74, 6) is 0.0833. The maximum atomic E-state index is 11.5. The lowest BCUT2D eigenvalue weighted by Gasteiger charge is -2.03. The van der Waals surface area contributed by atoms with Crippen molar-refractivity contribution in [2.45, 2.75) is 26.3 Å². The zero-order valence-electron chi connectivity index (χ0n) is 12.6. The zero-order chi connectivity index (χ0) is 16.4. The van der Waals surface area contributed by atoms with E-state index in [9.17, 15) is 4.79 Å². The third-order valence-corrected chi connectivity index (χ3v) is 4.32. The molecule has 7 heteroatoms. The van der Waals surface area contributed by atoms with Gasteiger partial charge in [0.05, 0.1) is 24.0 Å². The summed E-state index contributed by atoms with van der Waals surface area (Å²) in [5, 5.41) is 9.58. The molecule has 0 saturated heterocycles.